The van der Waals surface area contributed by atoms with Crippen molar-refractivity contribution < 1.29 is 23.1 Å². The average molecular weight is 222 g/mol. The first-order valence-electron chi connectivity index (χ1n) is 4.37. The van der Waals surface area contributed by atoms with E-state index in [1.807, 2.05) is 0 Å². The molecular formula is C10H13F3O2. The van der Waals surface area contributed by atoms with Gasteiger partial charge in [-0.05, 0) is 26.7 Å². The van der Waals surface area contributed by atoms with Crippen molar-refractivity contribution in [1.29, 1.82) is 0 Å². The van der Waals surface area contributed by atoms with Gasteiger partial charge in [0.05, 0.1) is 0 Å². The summed E-state index contributed by atoms with van der Waals surface area (Å²) in [4.78, 5) is 10.2. The third kappa shape index (κ3) is 6.76. The van der Waals surface area contributed by atoms with Gasteiger partial charge in [0.1, 0.15) is 0 Å². The second kappa shape index (κ2) is 5.58. The molecule has 0 radical (unpaired) electrons. The second-order valence-electron chi connectivity index (χ2n) is 3.33. The lowest BCUT2D eigenvalue weighted by Crippen LogP contribution is -2.13. The number of hydrogen-bond acceptors (Lipinski definition) is 1. The second-order valence-corrected chi connectivity index (χ2v) is 3.33. The summed E-state index contributed by atoms with van der Waals surface area (Å²) in [5.41, 5.74) is -0.0978. The molecule has 2 nitrogen and oxygen atoms in total. The zero-order valence-electron chi connectivity index (χ0n) is 8.56. The van der Waals surface area contributed by atoms with Crippen molar-refractivity contribution in [1.82, 2.24) is 0 Å². The van der Waals surface area contributed by atoms with Gasteiger partial charge in [0, 0.05) is 11.6 Å². The van der Waals surface area contributed by atoms with E-state index >= 15 is 0 Å². The van der Waals surface area contributed by atoms with E-state index in [2.05, 4.69) is 0 Å². The van der Waals surface area contributed by atoms with Crippen LogP contribution in [0.3, 0.4) is 0 Å². The number of rotatable bonds is 4. The fraction of sp³-hybridized carbons (Fsp3) is 0.500. The molecule has 86 valence electrons. The van der Waals surface area contributed by atoms with E-state index in [1.54, 1.807) is 19.9 Å². The summed E-state index contributed by atoms with van der Waals surface area (Å²) >= 11 is 0. The molecule has 0 atom stereocenters. The molecule has 0 heterocycles. The molecule has 0 unspecified atom stereocenters. The lowest BCUT2D eigenvalue weighted by Gasteiger charge is -2.09. The van der Waals surface area contributed by atoms with Gasteiger partial charge in [-0.3, -0.25) is 0 Å². The smallest absolute Gasteiger partial charge is 0.412 e. The SMILES string of the molecule is CC(C)=CCC/C(=C/C(=O)O)C(F)(F)F. The molecule has 0 amide bonds. The first-order valence-corrected chi connectivity index (χ1v) is 4.37. The molecule has 0 bridgehead atoms. The summed E-state index contributed by atoms with van der Waals surface area (Å²) in [7, 11) is 0. The molecule has 0 aromatic carbocycles. The Morgan fingerprint density at radius 1 is 1.33 bits per heavy atom. The van der Waals surface area contributed by atoms with Crippen molar-refractivity contribution in [2.75, 3.05) is 0 Å². The molecule has 0 spiro atoms. The van der Waals surface area contributed by atoms with E-state index in [-0.39, 0.29) is 18.9 Å². The monoisotopic (exact) mass is 222 g/mol. The van der Waals surface area contributed by atoms with Crippen LogP contribution in [-0.2, 0) is 4.79 Å². The molecule has 15 heavy (non-hydrogen) atoms. The molecule has 0 aliphatic carbocycles. The summed E-state index contributed by atoms with van der Waals surface area (Å²) in [6.07, 6.45) is -2.81. The fourth-order valence-corrected chi connectivity index (χ4v) is 0.961. The maximum absolute atomic E-state index is 12.3. The van der Waals surface area contributed by atoms with E-state index in [4.69, 9.17) is 5.11 Å². The lowest BCUT2D eigenvalue weighted by molar-refractivity contribution is -0.132. The molecule has 0 aliphatic rings. The van der Waals surface area contributed by atoms with E-state index < -0.39 is 17.7 Å². The molecule has 0 aliphatic heterocycles. The Bertz CT molecular complexity index is 284. The predicted octanol–water partition coefficient (Wildman–Crippen LogP) is 3.31. The zero-order chi connectivity index (χ0) is 12.1. The standard InChI is InChI=1S/C10H13F3O2/c1-7(2)4-3-5-8(6-9(14)15)10(11,12)13/h4,6H,3,5H2,1-2H3,(H,14,15)/b8-6-. The average Bonchev–Trinajstić information content (AvgIpc) is 1.99. The number of hydrogen-bond donors (Lipinski definition) is 1. The molecule has 5 heteroatoms. The van der Waals surface area contributed by atoms with Gasteiger partial charge < -0.3 is 5.11 Å². The van der Waals surface area contributed by atoms with Gasteiger partial charge in [-0.2, -0.15) is 13.2 Å². The Kier molecular flexibility index (Phi) is 5.11. The highest BCUT2D eigenvalue weighted by atomic mass is 19.4. The van der Waals surface area contributed by atoms with Crippen molar-refractivity contribution >= 4 is 5.97 Å². The van der Waals surface area contributed by atoms with E-state index in [9.17, 15) is 18.0 Å². The summed E-state index contributed by atoms with van der Waals surface area (Å²) < 4.78 is 36.8. The van der Waals surface area contributed by atoms with Gasteiger partial charge in [-0.1, -0.05) is 11.6 Å². The molecule has 1 N–H and O–H groups in total. The zero-order valence-corrected chi connectivity index (χ0v) is 8.56. The largest absolute Gasteiger partial charge is 0.478 e. The van der Waals surface area contributed by atoms with Crippen LogP contribution in [0.2, 0.25) is 0 Å². The van der Waals surface area contributed by atoms with Crippen molar-refractivity contribution in [3.63, 3.8) is 0 Å². The van der Waals surface area contributed by atoms with Crippen molar-refractivity contribution in [2.45, 2.75) is 32.9 Å². The predicted molar refractivity (Wildman–Crippen MR) is 50.4 cm³/mol. The van der Waals surface area contributed by atoms with Gasteiger partial charge >= 0.3 is 12.1 Å². The molecule has 0 rings (SSSR count). The van der Waals surface area contributed by atoms with Crippen LogP contribution in [0.15, 0.2) is 23.3 Å². The number of allylic oxidation sites excluding steroid dienone is 3. The minimum Gasteiger partial charge on any atom is -0.478 e. The van der Waals surface area contributed by atoms with Crippen LogP contribution in [0.1, 0.15) is 26.7 Å². The van der Waals surface area contributed by atoms with Crippen molar-refractivity contribution in [3.05, 3.63) is 23.3 Å². The highest BCUT2D eigenvalue weighted by molar-refractivity contribution is 5.80. The quantitative estimate of drug-likeness (QED) is 0.585. The van der Waals surface area contributed by atoms with Crippen LogP contribution in [0.25, 0.3) is 0 Å². The van der Waals surface area contributed by atoms with Crippen LogP contribution >= 0.6 is 0 Å². The Labute approximate surface area is 86.1 Å². The number of halogens is 3. The molecule has 0 saturated heterocycles. The molecule has 0 aromatic heterocycles. The minimum atomic E-state index is -4.56. The van der Waals surface area contributed by atoms with Gasteiger partial charge in [-0.15, -0.1) is 0 Å². The number of carboxylic acid groups (broad SMARTS) is 1. The van der Waals surface area contributed by atoms with Gasteiger partial charge in [-0.25, -0.2) is 4.79 Å². The normalized spacial score (nSPS) is 12.5. The van der Waals surface area contributed by atoms with Crippen LogP contribution in [0, 0.1) is 0 Å². The van der Waals surface area contributed by atoms with E-state index in [1.165, 1.54) is 0 Å². The van der Waals surface area contributed by atoms with Crippen LogP contribution in [-0.4, -0.2) is 17.3 Å². The number of carboxylic acids is 1. The lowest BCUT2D eigenvalue weighted by atomic mass is 10.1. The number of alkyl halides is 3. The molecular weight excluding hydrogens is 209 g/mol. The molecule has 0 aromatic rings. The Balaban J connectivity index is 4.55. The van der Waals surface area contributed by atoms with E-state index in [0.29, 0.717) is 0 Å². The number of aliphatic carboxylic acids is 1. The van der Waals surface area contributed by atoms with Crippen LogP contribution < -0.4 is 0 Å². The first-order chi connectivity index (χ1) is 6.73. The minimum absolute atomic E-state index is 0.195. The first kappa shape index (κ1) is 13.7. The maximum Gasteiger partial charge on any atom is 0.412 e. The van der Waals surface area contributed by atoms with E-state index in [0.717, 1.165) is 5.57 Å². The highest BCUT2D eigenvalue weighted by Crippen LogP contribution is 2.29. The van der Waals surface area contributed by atoms with Gasteiger partial charge in [0.2, 0.25) is 0 Å². The summed E-state index contributed by atoms with van der Waals surface area (Å²) in [5.74, 6) is -1.57. The third-order valence-electron chi connectivity index (χ3n) is 1.63. The van der Waals surface area contributed by atoms with Crippen LogP contribution in [0.4, 0.5) is 13.2 Å². The highest BCUT2D eigenvalue weighted by Gasteiger charge is 2.33. The summed E-state index contributed by atoms with van der Waals surface area (Å²) in [5, 5.41) is 8.26. The van der Waals surface area contributed by atoms with Gasteiger partial charge in [0.15, 0.2) is 0 Å². The maximum atomic E-state index is 12.3. The molecule has 0 saturated carbocycles. The van der Waals surface area contributed by atoms with Crippen molar-refractivity contribution in [3.8, 4) is 0 Å². The van der Waals surface area contributed by atoms with Crippen LogP contribution in [0.5, 0.6) is 0 Å². The summed E-state index contributed by atoms with van der Waals surface area (Å²) in [6.45, 7) is 3.54. The molecule has 0 fully saturated rings. The Hall–Kier alpha value is -1.26. The third-order valence-corrected chi connectivity index (χ3v) is 1.63. The topological polar surface area (TPSA) is 37.3 Å². The Morgan fingerprint density at radius 2 is 1.87 bits per heavy atom. The summed E-state index contributed by atoms with van der Waals surface area (Å²) in [6, 6.07) is 0. The van der Waals surface area contributed by atoms with Crippen molar-refractivity contribution in [2.24, 2.45) is 0 Å². The van der Waals surface area contributed by atoms with Gasteiger partial charge in [0.25, 0.3) is 0 Å². The Morgan fingerprint density at radius 3 is 2.20 bits per heavy atom. The fourth-order valence-electron chi connectivity index (χ4n) is 0.961. The number of carbonyl (C=O) groups is 1.